The number of nitrogens with one attached hydrogen (secondary N) is 1. The Labute approximate surface area is 187 Å². The van der Waals surface area contributed by atoms with Crippen molar-refractivity contribution in [1.82, 2.24) is 4.98 Å². The minimum absolute atomic E-state index is 0.0490. The van der Waals surface area contributed by atoms with Crippen LogP contribution in [0.2, 0.25) is 0 Å². The van der Waals surface area contributed by atoms with Gasteiger partial charge in [-0.25, -0.2) is 4.79 Å². The van der Waals surface area contributed by atoms with Crippen molar-refractivity contribution in [3.63, 3.8) is 0 Å². The molecule has 0 saturated carbocycles. The monoisotopic (exact) mass is 449 g/mol. The molecule has 1 atom stereocenters. The normalized spacial score (nSPS) is 12.3. The number of halogens is 3. The Morgan fingerprint density at radius 1 is 0.848 bits per heavy atom. The predicted octanol–water partition coefficient (Wildman–Crippen LogP) is 6.41. The van der Waals surface area contributed by atoms with Crippen LogP contribution in [0.25, 0.3) is 11.1 Å². The molecule has 2 N–H and O–H groups in total. The van der Waals surface area contributed by atoms with Crippen LogP contribution in [0.4, 0.5) is 13.2 Å². The standard InChI is InChI=1S/C26H18F3NO3/c27-26(28,29)19-12-10-16(11-13-19)20-7-1-2-8-21(20)24(31)23(22-9-4-14-30-22)17-5-3-6-18(15-17)25(32)33/h1-15,23,30H,(H,32,33). The maximum Gasteiger partial charge on any atom is 0.416 e. The van der Waals surface area contributed by atoms with E-state index in [9.17, 15) is 27.9 Å². The highest BCUT2D eigenvalue weighted by molar-refractivity contribution is 6.07. The summed E-state index contributed by atoms with van der Waals surface area (Å²) in [6.45, 7) is 0. The van der Waals surface area contributed by atoms with Crippen LogP contribution in [-0.2, 0) is 6.18 Å². The van der Waals surface area contributed by atoms with Crippen molar-refractivity contribution in [2.45, 2.75) is 12.1 Å². The van der Waals surface area contributed by atoms with E-state index in [1.807, 2.05) is 0 Å². The number of benzene rings is 3. The molecule has 0 bridgehead atoms. The van der Waals surface area contributed by atoms with Crippen molar-refractivity contribution in [1.29, 1.82) is 0 Å². The number of carbonyl (C=O) groups excluding carboxylic acids is 1. The summed E-state index contributed by atoms with van der Waals surface area (Å²) >= 11 is 0. The molecule has 7 heteroatoms. The van der Waals surface area contributed by atoms with Crippen LogP contribution in [0.3, 0.4) is 0 Å². The lowest BCUT2D eigenvalue weighted by Gasteiger charge is -2.18. The lowest BCUT2D eigenvalue weighted by Crippen LogP contribution is -2.16. The number of carbonyl (C=O) groups is 2. The van der Waals surface area contributed by atoms with E-state index in [1.165, 1.54) is 24.3 Å². The first-order chi connectivity index (χ1) is 15.8. The summed E-state index contributed by atoms with van der Waals surface area (Å²) in [6.07, 6.45) is -2.79. The van der Waals surface area contributed by atoms with E-state index in [0.717, 1.165) is 12.1 Å². The van der Waals surface area contributed by atoms with E-state index in [2.05, 4.69) is 4.98 Å². The third kappa shape index (κ3) is 4.57. The van der Waals surface area contributed by atoms with E-state index in [1.54, 1.807) is 54.7 Å². The zero-order valence-corrected chi connectivity index (χ0v) is 17.1. The van der Waals surface area contributed by atoms with Gasteiger partial charge in [-0.3, -0.25) is 4.79 Å². The minimum atomic E-state index is -4.46. The number of hydrogen-bond acceptors (Lipinski definition) is 2. The fourth-order valence-corrected chi connectivity index (χ4v) is 3.79. The number of rotatable bonds is 6. The van der Waals surface area contributed by atoms with Gasteiger partial charge in [0.15, 0.2) is 5.78 Å². The topological polar surface area (TPSA) is 70.2 Å². The van der Waals surface area contributed by atoms with E-state index >= 15 is 0 Å². The van der Waals surface area contributed by atoms with E-state index in [4.69, 9.17) is 0 Å². The number of Topliss-reactive ketones (excluding diaryl/α,β-unsaturated/α-hetero) is 1. The van der Waals surface area contributed by atoms with E-state index in [0.29, 0.717) is 27.9 Å². The van der Waals surface area contributed by atoms with Crippen molar-refractivity contribution in [3.8, 4) is 11.1 Å². The number of aromatic amines is 1. The van der Waals surface area contributed by atoms with Gasteiger partial charge in [-0.1, -0.05) is 48.5 Å². The maximum absolute atomic E-state index is 13.8. The fraction of sp³-hybridized carbons (Fsp3) is 0.0769. The SMILES string of the molecule is O=C(O)c1cccc(C(C(=O)c2ccccc2-c2ccc(C(F)(F)F)cc2)c2ccc[nH]2)c1. The van der Waals surface area contributed by atoms with Gasteiger partial charge < -0.3 is 10.1 Å². The molecule has 1 heterocycles. The van der Waals surface area contributed by atoms with Crippen LogP contribution < -0.4 is 0 Å². The molecule has 4 aromatic rings. The second-order valence-electron chi connectivity index (χ2n) is 7.47. The summed E-state index contributed by atoms with van der Waals surface area (Å²) < 4.78 is 38.9. The second kappa shape index (κ2) is 8.78. The van der Waals surface area contributed by atoms with Gasteiger partial charge in [0, 0.05) is 17.5 Å². The molecular formula is C26H18F3NO3. The molecule has 0 aliphatic rings. The van der Waals surface area contributed by atoms with E-state index in [-0.39, 0.29) is 11.3 Å². The van der Waals surface area contributed by atoms with Crippen molar-refractivity contribution < 1.29 is 27.9 Å². The first-order valence-electron chi connectivity index (χ1n) is 10.0. The van der Waals surface area contributed by atoms with Gasteiger partial charge in [-0.15, -0.1) is 0 Å². The molecule has 3 aromatic carbocycles. The number of carboxylic acids is 1. The van der Waals surface area contributed by atoms with Crippen LogP contribution in [0.15, 0.2) is 91.1 Å². The van der Waals surface area contributed by atoms with Gasteiger partial charge in [0.1, 0.15) is 0 Å². The smallest absolute Gasteiger partial charge is 0.416 e. The fourth-order valence-electron chi connectivity index (χ4n) is 3.79. The van der Waals surface area contributed by atoms with Crippen molar-refractivity contribution in [2.24, 2.45) is 0 Å². The Balaban J connectivity index is 1.80. The van der Waals surface area contributed by atoms with Crippen LogP contribution >= 0.6 is 0 Å². The van der Waals surface area contributed by atoms with Gasteiger partial charge in [0.2, 0.25) is 0 Å². The van der Waals surface area contributed by atoms with Crippen LogP contribution in [0.1, 0.15) is 43.5 Å². The molecule has 1 unspecified atom stereocenters. The molecule has 4 nitrogen and oxygen atoms in total. The first kappa shape index (κ1) is 22.1. The van der Waals surface area contributed by atoms with Crippen molar-refractivity contribution in [3.05, 3.63) is 119 Å². The molecule has 166 valence electrons. The van der Waals surface area contributed by atoms with Gasteiger partial charge in [0.05, 0.1) is 17.0 Å². The van der Waals surface area contributed by atoms with Gasteiger partial charge in [-0.2, -0.15) is 13.2 Å². The molecule has 0 amide bonds. The molecule has 0 aliphatic heterocycles. The number of hydrogen-bond donors (Lipinski definition) is 2. The minimum Gasteiger partial charge on any atom is -0.478 e. The number of ketones is 1. The zero-order valence-electron chi connectivity index (χ0n) is 17.1. The zero-order chi connectivity index (χ0) is 23.6. The largest absolute Gasteiger partial charge is 0.478 e. The third-order valence-corrected chi connectivity index (χ3v) is 5.38. The lowest BCUT2D eigenvalue weighted by atomic mass is 9.84. The molecular weight excluding hydrogens is 431 g/mol. The molecule has 0 fully saturated rings. The second-order valence-corrected chi connectivity index (χ2v) is 7.47. The number of alkyl halides is 3. The summed E-state index contributed by atoms with van der Waals surface area (Å²) in [5, 5.41) is 9.38. The molecule has 1 aromatic heterocycles. The Morgan fingerprint density at radius 3 is 2.21 bits per heavy atom. The first-order valence-corrected chi connectivity index (χ1v) is 10.0. The molecule has 33 heavy (non-hydrogen) atoms. The summed E-state index contributed by atoms with van der Waals surface area (Å²) in [7, 11) is 0. The Morgan fingerprint density at radius 2 is 1.58 bits per heavy atom. The highest BCUT2D eigenvalue weighted by Gasteiger charge is 2.31. The number of H-pyrrole nitrogens is 1. The van der Waals surface area contributed by atoms with Gasteiger partial charge in [0.25, 0.3) is 0 Å². The summed E-state index contributed by atoms with van der Waals surface area (Å²) in [5.74, 6) is -2.25. The van der Waals surface area contributed by atoms with E-state index < -0.39 is 23.6 Å². The van der Waals surface area contributed by atoms with Crippen LogP contribution in [0, 0.1) is 0 Å². The van der Waals surface area contributed by atoms with Crippen LogP contribution in [0.5, 0.6) is 0 Å². The molecule has 0 radical (unpaired) electrons. The lowest BCUT2D eigenvalue weighted by molar-refractivity contribution is -0.137. The summed E-state index contributed by atoms with van der Waals surface area (Å²) in [5.41, 5.74) is 1.61. The highest BCUT2D eigenvalue weighted by atomic mass is 19.4. The Hall–Kier alpha value is -4.13. The Bertz CT molecular complexity index is 1290. The average molecular weight is 449 g/mol. The number of aromatic carboxylic acids is 1. The molecule has 0 spiro atoms. The van der Waals surface area contributed by atoms with Crippen molar-refractivity contribution >= 4 is 11.8 Å². The van der Waals surface area contributed by atoms with Gasteiger partial charge in [-0.05, 0) is 53.1 Å². The highest BCUT2D eigenvalue weighted by Crippen LogP contribution is 2.35. The number of aromatic nitrogens is 1. The number of carboxylic acid groups (broad SMARTS) is 1. The molecule has 0 saturated heterocycles. The third-order valence-electron chi connectivity index (χ3n) is 5.38. The Kier molecular flexibility index (Phi) is 5.87. The van der Waals surface area contributed by atoms with Crippen molar-refractivity contribution in [2.75, 3.05) is 0 Å². The summed E-state index contributed by atoms with van der Waals surface area (Å²) in [4.78, 5) is 28.3. The maximum atomic E-state index is 13.8. The van der Waals surface area contributed by atoms with Gasteiger partial charge >= 0.3 is 12.1 Å². The van der Waals surface area contributed by atoms with Crippen LogP contribution in [-0.4, -0.2) is 21.8 Å². The quantitative estimate of drug-likeness (QED) is 0.334. The average Bonchev–Trinajstić information content (AvgIpc) is 3.33. The predicted molar refractivity (Wildman–Crippen MR) is 117 cm³/mol. The molecule has 0 aliphatic carbocycles. The summed E-state index contributed by atoms with van der Waals surface area (Å²) in [6, 6.07) is 20.9. The molecule has 4 rings (SSSR count).